The number of hydrogen-bond donors (Lipinski definition) is 1. The van der Waals surface area contributed by atoms with E-state index in [-0.39, 0.29) is 6.10 Å². The van der Waals surface area contributed by atoms with Crippen LogP contribution in [0, 0.1) is 12.8 Å². The van der Waals surface area contributed by atoms with E-state index >= 15 is 0 Å². The minimum absolute atomic E-state index is 0.263. The highest BCUT2D eigenvalue weighted by molar-refractivity contribution is 6.31. The molecule has 0 bridgehead atoms. The summed E-state index contributed by atoms with van der Waals surface area (Å²) in [6.07, 6.45) is 3.85. The second-order valence-corrected chi connectivity index (χ2v) is 5.79. The third-order valence-electron chi connectivity index (χ3n) is 3.84. The van der Waals surface area contributed by atoms with Gasteiger partial charge < -0.3 is 10.1 Å². The molecule has 1 fully saturated rings. The van der Waals surface area contributed by atoms with Crippen LogP contribution in [-0.2, 0) is 0 Å². The fourth-order valence-electron chi connectivity index (χ4n) is 2.65. The molecule has 0 heterocycles. The maximum Gasteiger partial charge on any atom is 0.120 e. The van der Waals surface area contributed by atoms with E-state index < -0.39 is 0 Å². The molecule has 3 heteroatoms. The monoisotopic (exact) mass is 267 g/mol. The van der Waals surface area contributed by atoms with Gasteiger partial charge in [-0.15, -0.1) is 0 Å². The molecule has 0 aromatic heterocycles. The van der Waals surface area contributed by atoms with Gasteiger partial charge in [-0.2, -0.15) is 0 Å². The van der Waals surface area contributed by atoms with Gasteiger partial charge in [-0.1, -0.05) is 18.5 Å². The zero-order chi connectivity index (χ0) is 13.1. The molecule has 100 valence electrons. The van der Waals surface area contributed by atoms with Crippen molar-refractivity contribution in [3.8, 4) is 5.75 Å². The van der Waals surface area contributed by atoms with Gasteiger partial charge in [0.15, 0.2) is 0 Å². The second-order valence-electron chi connectivity index (χ2n) is 5.38. The van der Waals surface area contributed by atoms with Crippen LogP contribution in [0.4, 0.5) is 0 Å². The van der Waals surface area contributed by atoms with E-state index in [1.165, 1.54) is 12.8 Å². The van der Waals surface area contributed by atoms with Crippen LogP contribution in [-0.4, -0.2) is 19.2 Å². The van der Waals surface area contributed by atoms with Crippen LogP contribution in [0.3, 0.4) is 0 Å². The van der Waals surface area contributed by atoms with Crippen LogP contribution in [0.25, 0.3) is 0 Å². The van der Waals surface area contributed by atoms with Crippen molar-refractivity contribution in [2.75, 3.05) is 7.05 Å². The van der Waals surface area contributed by atoms with Crippen LogP contribution < -0.4 is 10.1 Å². The summed E-state index contributed by atoms with van der Waals surface area (Å²) in [4.78, 5) is 0. The molecule has 0 aliphatic heterocycles. The number of rotatable bonds is 3. The van der Waals surface area contributed by atoms with E-state index in [1.54, 1.807) is 0 Å². The van der Waals surface area contributed by atoms with Crippen LogP contribution in [0.5, 0.6) is 5.75 Å². The van der Waals surface area contributed by atoms with Crippen molar-refractivity contribution in [3.63, 3.8) is 0 Å². The molecule has 18 heavy (non-hydrogen) atoms. The van der Waals surface area contributed by atoms with Crippen LogP contribution >= 0.6 is 11.6 Å². The van der Waals surface area contributed by atoms with Crippen molar-refractivity contribution in [1.29, 1.82) is 0 Å². The Morgan fingerprint density at radius 3 is 2.78 bits per heavy atom. The molecule has 0 amide bonds. The Hall–Kier alpha value is -0.730. The summed E-state index contributed by atoms with van der Waals surface area (Å²) in [5.41, 5.74) is 1.07. The standard InChI is InChI=1S/C15H22ClNO/c1-10-4-7-14(17-3)15(8-10)18-12-5-6-13(16)11(2)9-12/h5-6,9-10,14-15,17H,4,7-8H2,1-3H3. The molecule has 1 aromatic carbocycles. The summed E-state index contributed by atoms with van der Waals surface area (Å²) < 4.78 is 6.14. The van der Waals surface area contributed by atoms with E-state index in [9.17, 15) is 0 Å². The number of benzene rings is 1. The number of nitrogens with one attached hydrogen (secondary N) is 1. The first-order valence-electron chi connectivity index (χ1n) is 6.70. The van der Waals surface area contributed by atoms with E-state index in [2.05, 4.69) is 12.2 Å². The highest BCUT2D eigenvalue weighted by Crippen LogP contribution is 2.29. The fraction of sp³-hybridized carbons (Fsp3) is 0.600. The molecular formula is C15H22ClNO. The molecule has 3 atom stereocenters. The number of likely N-dealkylation sites (N-methyl/N-ethyl adjacent to an activating group) is 1. The smallest absolute Gasteiger partial charge is 0.120 e. The Labute approximate surface area is 115 Å². The maximum atomic E-state index is 6.14. The molecule has 2 nitrogen and oxygen atoms in total. The normalized spacial score (nSPS) is 28.1. The fourth-order valence-corrected chi connectivity index (χ4v) is 2.77. The van der Waals surface area contributed by atoms with Crippen molar-refractivity contribution in [3.05, 3.63) is 28.8 Å². The minimum atomic E-state index is 0.263. The van der Waals surface area contributed by atoms with Crippen LogP contribution in [0.15, 0.2) is 18.2 Å². The molecule has 0 saturated heterocycles. The number of halogens is 1. The predicted molar refractivity (Wildman–Crippen MR) is 76.5 cm³/mol. The van der Waals surface area contributed by atoms with Gasteiger partial charge in [0.2, 0.25) is 0 Å². The molecule has 1 N–H and O–H groups in total. The Morgan fingerprint density at radius 2 is 2.11 bits per heavy atom. The Balaban J connectivity index is 2.08. The molecule has 0 radical (unpaired) electrons. The van der Waals surface area contributed by atoms with Crippen molar-refractivity contribution in [2.45, 2.75) is 45.3 Å². The number of aryl methyl sites for hydroxylation is 1. The van der Waals surface area contributed by atoms with Gasteiger partial charge in [0.25, 0.3) is 0 Å². The Morgan fingerprint density at radius 1 is 1.33 bits per heavy atom. The summed E-state index contributed by atoms with van der Waals surface area (Å²) in [7, 11) is 2.02. The molecule has 3 unspecified atom stereocenters. The first-order valence-corrected chi connectivity index (χ1v) is 7.08. The minimum Gasteiger partial charge on any atom is -0.489 e. The SMILES string of the molecule is CNC1CCC(C)CC1Oc1ccc(Cl)c(C)c1. The van der Waals surface area contributed by atoms with Gasteiger partial charge >= 0.3 is 0 Å². The molecule has 1 saturated carbocycles. The lowest BCUT2D eigenvalue weighted by molar-refractivity contribution is 0.0944. The summed E-state index contributed by atoms with van der Waals surface area (Å²) in [6, 6.07) is 6.35. The van der Waals surface area contributed by atoms with Gasteiger partial charge in [-0.05, 0) is 62.9 Å². The van der Waals surface area contributed by atoms with Crippen molar-refractivity contribution >= 4 is 11.6 Å². The molecule has 1 aliphatic rings. The lowest BCUT2D eigenvalue weighted by Crippen LogP contribution is -2.45. The maximum absolute atomic E-state index is 6.14. The highest BCUT2D eigenvalue weighted by Gasteiger charge is 2.29. The van der Waals surface area contributed by atoms with Crippen molar-refractivity contribution in [2.24, 2.45) is 5.92 Å². The second kappa shape index (κ2) is 5.94. The van der Waals surface area contributed by atoms with E-state index in [0.717, 1.165) is 28.7 Å². The summed E-state index contributed by atoms with van der Waals surface area (Å²) in [5, 5.41) is 4.17. The van der Waals surface area contributed by atoms with Gasteiger partial charge in [0.05, 0.1) is 0 Å². The lowest BCUT2D eigenvalue weighted by atomic mass is 9.85. The third-order valence-corrected chi connectivity index (χ3v) is 4.27. The highest BCUT2D eigenvalue weighted by atomic mass is 35.5. The largest absolute Gasteiger partial charge is 0.489 e. The molecular weight excluding hydrogens is 246 g/mol. The average Bonchev–Trinajstić information content (AvgIpc) is 2.34. The summed E-state index contributed by atoms with van der Waals surface area (Å²) in [5.74, 6) is 1.67. The molecule has 2 rings (SSSR count). The van der Waals surface area contributed by atoms with Crippen LogP contribution in [0.2, 0.25) is 5.02 Å². The first-order chi connectivity index (χ1) is 8.60. The van der Waals surface area contributed by atoms with Crippen molar-refractivity contribution < 1.29 is 4.74 Å². The Bertz CT molecular complexity index is 407. The van der Waals surface area contributed by atoms with Crippen LogP contribution in [0.1, 0.15) is 31.7 Å². The number of ether oxygens (including phenoxy) is 1. The van der Waals surface area contributed by atoms with E-state index in [1.807, 2.05) is 32.2 Å². The average molecular weight is 268 g/mol. The zero-order valence-electron chi connectivity index (χ0n) is 11.4. The molecule has 0 spiro atoms. The number of hydrogen-bond acceptors (Lipinski definition) is 2. The van der Waals surface area contributed by atoms with Gasteiger partial charge in [0.1, 0.15) is 11.9 Å². The third kappa shape index (κ3) is 3.18. The summed E-state index contributed by atoms with van der Waals surface area (Å²) in [6.45, 7) is 4.31. The predicted octanol–water partition coefficient (Wildman–Crippen LogP) is 3.80. The first kappa shape index (κ1) is 13.7. The summed E-state index contributed by atoms with van der Waals surface area (Å²) >= 11 is 6.03. The zero-order valence-corrected chi connectivity index (χ0v) is 12.1. The molecule has 1 aromatic rings. The topological polar surface area (TPSA) is 21.3 Å². The van der Waals surface area contributed by atoms with E-state index in [4.69, 9.17) is 16.3 Å². The lowest BCUT2D eigenvalue weighted by Gasteiger charge is -2.34. The van der Waals surface area contributed by atoms with E-state index in [0.29, 0.717) is 6.04 Å². The van der Waals surface area contributed by atoms with Gasteiger partial charge in [-0.25, -0.2) is 0 Å². The molecule has 1 aliphatic carbocycles. The quantitative estimate of drug-likeness (QED) is 0.899. The van der Waals surface area contributed by atoms with Gasteiger partial charge in [-0.3, -0.25) is 0 Å². The Kier molecular flexibility index (Phi) is 4.52. The van der Waals surface area contributed by atoms with Gasteiger partial charge in [0, 0.05) is 11.1 Å². The van der Waals surface area contributed by atoms with Crippen molar-refractivity contribution in [1.82, 2.24) is 5.32 Å².